The van der Waals surface area contributed by atoms with E-state index in [1.165, 1.54) is 64.1 Å². The second-order valence-electron chi connectivity index (χ2n) is 12.3. The molecule has 0 spiro atoms. The molecule has 0 aliphatic heterocycles. The number of methoxy groups -OCH3 is 4. The number of hydrogen-bond donors (Lipinski definition) is 2. The summed E-state index contributed by atoms with van der Waals surface area (Å²) in [5.74, 6) is -3.12. The molecule has 0 fully saturated rings. The number of thioether (sulfide) groups is 2. The van der Waals surface area contributed by atoms with E-state index < -0.39 is 35.7 Å². The Kier molecular flexibility index (Phi) is 34.5. The number of nitriles is 4. The van der Waals surface area contributed by atoms with Gasteiger partial charge in [0.2, 0.25) is 0 Å². The highest BCUT2D eigenvalue weighted by Crippen LogP contribution is 2.37. The third-order valence-corrected chi connectivity index (χ3v) is 10.7. The quantitative estimate of drug-likeness (QED) is 0.0412. The standard InChI is InChI=1S/2C13H15NO3S.2C11H9NO2.2B/c2*1-17-13(16)11(9-14)12(18-8-7-15)10-5-3-2-4-6-10;2*1-14-11(13)10(8-12)7-9-5-3-2-4-6-9;;/h2*2-6,11-12,15H,7-8H2,1H3;2*2-7H,1H3;;/b;;2*10-7+;;. The molecule has 6 radical (unpaired) electrons. The van der Waals surface area contributed by atoms with Crippen LogP contribution in [0.25, 0.3) is 12.2 Å². The maximum atomic E-state index is 11.6. The van der Waals surface area contributed by atoms with Gasteiger partial charge in [-0.05, 0) is 34.4 Å². The highest BCUT2D eigenvalue weighted by atomic mass is 32.2. The van der Waals surface area contributed by atoms with Gasteiger partial charge in [-0.2, -0.15) is 21.0 Å². The van der Waals surface area contributed by atoms with Gasteiger partial charge in [0.1, 0.15) is 23.3 Å². The van der Waals surface area contributed by atoms with E-state index in [2.05, 4.69) is 18.9 Å². The summed E-state index contributed by atoms with van der Waals surface area (Å²) in [6.07, 6.45) is 2.98. The maximum Gasteiger partial charge on any atom is 0.348 e. The van der Waals surface area contributed by atoms with Crippen molar-refractivity contribution < 1.29 is 48.3 Å². The average molecular weight is 927 g/mol. The summed E-state index contributed by atoms with van der Waals surface area (Å²) in [7, 11) is 5.04. The van der Waals surface area contributed by atoms with Crippen LogP contribution in [0.15, 0.2) is 132 Å². The minimum Gasteiger partial charge on any atom is -0.468 e. The Hall–Kier alpha value is -7.05. The summed E-state index contributed by atoms with van der Waals surface area (Å²) in [6.45, 7) is 0.0145. The normalized spacial score (nSPS) is 11.7. The highest BCUT2D eigenvalue weighted by Gasteiger charge is 2.32. The molecule has 0 amide bonds. The molecule has 14 nitrogen and oxygen atoms in total. The second kappa shape index (κ2) is 37.3. The van der Waals surface area contributed by atoms with E-state index >= 15 is 0 Å². The number of carbonyl (C=O) groups excluding carboxylic acids is 4. The molecule has 4 unspecified atom stereocenters. The Bertz CT molecular complexity index is 2100. The average Bonchev–Trinajstić information content (AvgIpc) is 3.35. The number of esters is 4. The van der Waals surface area contributed by atoms with Crippen LogP contribution in [-0.4, -0.2) is 104 Å². The fourth-order valence-electron chi connectivity index (χ4n) is 5.08. The largest absolute Gasteiger partial charge is 0.468 e. The van der Waals surface area contributed by atoms with Gasteiger partial charge in [-0.15, -0.1) is 23.5 Å². The van der Waals surface area contributed by atoms with Crippen LogP contribution in [0.2, 0.25) is 0 Å². The van der Waals surface area contributed by atoms with Crippen molar-refractivity contribution in [3.8, 4) is 24.3 Å². The summed E-state index contributed by atoms with van der Waals surface area (Å²) in [4.78, 5) is 45.3. The molecule has 4 aromatic rings. The molecule has 0 bridgehead atoms. The molecule has 0 heterocycles. The lowest BCUT2D eigenvalue weighted by Gasteiger charge is -2.19. The maximum absolute atomic E-state index is 11.6. The van der Waals surface area contributed by atoms with Crippen molar-refractivity contribution >= 4 is 76.4 Å². The fraction of sp³-hybridized carbons (Fsp3) is 0.250. The molecular formula is C48H48B2N4O10S2. The lowest BCUT2D eigenvalue weighted by molar-refractivity contribution is -0.144. The van der Waals surface area contributed by atoms with Crippen molar-refractivity contribution in [3.63, 3.8) is 0 Å². The molecular weight excluding hydrogens is 878 g/mol. The number of nitrogens with zero attached hydrogens (tertiary/aromatic N) is 4. The van der Waals surface area contributed by atoms with Crippen LogP contribution in [0.5, 0.6) is 0 Å². The van der Waals surface area contributed by atoms with E-state index in [1.807, 2.05) is 109 Å². The van der Waals surface area contributed by atoms with Crippen molar-refractivity contribution in [3.05, 3.63) is 155 Å². The first kappa shape index (κ1) is 61.0. The molecule has 0 aromatic heterocycles. The summed E-state index contributed by atoms with van der Waals surface area (Å²) < 4.78 is 18.2. The predicted octanol–water partition coefficient (Wildman–Crippen LogP) is 6.30. The number of rotatable bonds is 16. The van der Waals surface area contributed by atoms with Crippen LogP contribution in [0.3, 0.4) is 0 Å². The highest BCUT2D eigenvalue weighted by molar-refractivity contribution is 7.99. The van der Waals surface area contributed by atoms with E-state index in [0.29, 0.717) is 11.5 Å². The van der Waals surface area contributed by atoms with Gasteiger partial charge < -0.3 is 29.2 Å². The zero-order chi connectivity index (χ0) is 47.5. The van der Waals surface area contributed by atoms with Crippen molar-refractivity contribution in [2.24, 2.45) is 11.8 Å². The van der Waals surface area contributed by atoms with Gasteiger partial charge in [0.15, 0.2) is 11.8 Å². The SMILES string of the molecule is COC(=O)/C(C#N)=C/c1ccccc1.COC(=O)/C(C#N)=C/c1ccccc1.COC(=O)C(C#N)C(SCCO)c1ccccc1.COC(=O)C(C#N)C(SCCO)c1ccccc1.[B].[B]. The molecule has 66 heavy (non-hydrogen) atoms. The molecule has 0 aliphatic rings. The number of ether oxygens (including phenoxy) is 4. The van der Waals surface area contributed by atoms with E-state index in [4.69, 9.17) is 31.3 Å². The Morgan fingerprint density at radius 2 is 0.803 bits per heavy atom. The number of aliphatic hydroxyl groups excluding tert-OH is 2. The first-order valence-electron chi connectivity index (χ1n) is 19.0. The summed E-state index contributed by atoms with van der Waals surface area (Å²) >= 11 is 2.76. The van der Waals surface area contributed by atoms with E-state index in [1.54, 1.807) is 36.4 Å². The molecule has 4 aromatic carbocycles. The van der Waals surface area contributed by atoms with Crippen LogP contribution in [0, 0.1) is 57.2 Å². The van der Waals surface area contributed by atoms with Crippen molar-refractivity contribution in [2.45, 2.75) is 10.5 Å². The Labute approximate surface area is 398 Å². The van der Waals surface area contributed by atoms with Crippen LogP contribution in [0.4, 0.5) is 0 Å². The van der Waals surface area contributed by atoms with E-state index in [-0.39, 0.29) is 51.7 Å². The van der Waals surface area contributed by atoms with Gasteiger partial charge in [-0.25, -0.2) is 9.59 Å². The van der Waals surface area contributed by atoms with Gasteiger partial charge in [0.05, 0.1) is 64.3 Å². The van der Waals surface area contributed by atoms with Crippen LogP contribution in [0.1, 0.15) is 32.8 Å². The predicted molar refractivity (Wildman–Crippen MR) is 255 cm³/mol. The van der Waals surface area contributed by atoms with Crippen LogP contribution < -0.4 is 0 Å². The molecule has 0 saturated carbocycles. The molecule has 4 rings (SSSR count). The van der Waals surface area contributed by atoms with Crippen molar-refractivity contribution in [1.82, 2.24) is 0 Å². The third-order valence-electron chi connectivity index (χ3n) is 8.10. The smallest absolute Gasteiger partial charge is 0.348 e. The third kappa shape index (κ3) is 22.5. The molecule has 338 valence electrons. The first-order valence-corrected chi connectivity index (χ1v) is 21.1. The minimum atomic E-state index is -0.867. The zero-order valence-corrected chi connectivity index (χ0v) is 38.4. The van der Waals surface area contributed by atoms with Crippen molar-refractivity contribution in [2.75, 3.05) is 53.2 Å². The number of aliphatic hydroxyl groups is 2. The van der Waals surface area contributed by atoms with Crippen LogP contribution in [-0.2, 0) is 38.1 Å². The zero-order valence-electron chi connectivity index (χ0n) is 36.8. The number of benzene rings is 4. The minimum absolute atomic E-state index is 0. The van der Waals surface area contributed by atoms with Crippen molar-refractivity contribution in [1.29, 1.82) is 21.0 Å². The van der Waals surface area contributed by atoms with Crippen LogP contribution >= 0.6 is 23.5 Å². The molecule has 0 aliphatic carbocycles. The number of hydrogen-bond acceptors (Lipinski definition) is 16. The van der Waals surface area contributed by atoms with E-state index in [9.17, 15) is 19.2 Å². The lowest BCUT2D eigenvalue weighted by atomic mass is 10.00. The summed E-state index contributed by atoms with van der Waals surface area (Å²) in [5.41, 5.74) is 3.36. The molecule has 18 heteroatoms. The lowest BCUT2D eigenvalue weighted by Crippen LogP contribution is -2.21. The fourth-order valence-corrected chi connectivity index (χ4v) is 7.23. The first-order chi connectivity index (χ1) is 31.0. The van der Waals surface area contributed by atoms with Gasteiger partial charge in [-0.1, -0.05) is 121 Å². The number of carbonyl (C=O) groups is 4. The van der Waals surface area contributed by atoms with Gasteiger partial charge >= 0.3 is 23.9 Å². The Morgan fingerprint density at radius 1 is 0.515 bits per heavy atom. The molecule has 2 N–H and O–H groups in total. The van der Waals surface area contributed by atoms with Gasteiger partial charge in [0.25, 0.3) is 0 Å². The Morgan fingerprint density at radius 3 is 1.03 bits per heavy atom. The summed E-state index contributed by atoms with van der Waals surface area (Å²) in [6, 6.07) is 44.4. The monoisotopic (exact) mass is 926 g/mol. The topological polar surface area (TPSA) is 241 Å². The Balaban J connectivity index is 0. The van der Waals surface area contributed by atoms with E-state index in [0.717, 1.165) is 22.3 Å². The van der Waals surface area contributed by atoms with Gasteiger partial charge in [0, 0.05) is 28.3 Å². The second-order valence-corrected chi connectivity index (χ2v) is 14.8. The molecule has 4 atom stereocenters. The molecule has 0 saturated heterocycles. The van der Waals surface area contributed by atoms with Gasteiger partial charge in [-0.3, -0.25) is 9.59 Å². The summed E-state index contributed by atoms with van der Waals surface area (Å²) in [5, 5.41) is 52.7.